The number of nitriles is 1. The highest BCUT2D eigenvalue weighted by molar-refractivity contribution is 6.09. The van der Waals surface area contributed by atoms with Crippen molar-refractivity contribution in [1.29, 1.82) is 5.26 Å². The van der Waals surface area contributed by atoms with E-state index in [1.54, 1.807) is 0 Å². The molecule has 5 rings (SSSR count). The first-order chi connectivity index (χ1) is 15.2. The van der Waals surface area contributed by atoms with Crippen LogP contribution in [-0.4, -0.2) is 22.8 Å². The summed E-state index contributed by atoms with van der Waals surface area (Å²) in [5, 5.41) is 9.84. The van der Waals surface area contributed by atoms with Crippen molar-refractivity contribution < 1.29 is 32.4 Å². The van der Waals surface area contributed by atoms with E-state index in [1.165, 1.54) is 24.3 Å². The monoisotopic (exact) mass is 439 g/mol. The molecule has 2 heterocycles. The fourth-order valence-electron chi connectivity index (χ4n) is 4.29. The molecule has 10 heteroatoms. The van der Waals surface area contributed by atoms with Crippen molar-refractivity contribution in [2.45, 2.75) is 25.1 Å². The second-order valence-corrected chi connectivity index (χ2v) is 7.47. The number of urea groups is 1. The van der Waals surface area contributed by atoms with E-state index in [1.807, 2.05) is 6.07 Å². The molecular weight excluding hydrogens is 427 g/mol. The average Bonchev–Trinajstić information content (AvgIpc) is 3.14. The molecule has 0 N–H and O–H groups in total. The summed E-state index contributed by atoms with van der Waals surface area (Å²) >= 11 is 0. The third-order valence-corrected chi connectivity index (χ3v) is 5.67. The van der Waals surface area contributed by atoms with E-state index in [0.717, 1.165) is 28.2 Å². The summed E-state index contributed by atoms with van der Waals surface area (Å²) in [6.07, 6.45) is -4.41. The number of Topliss-reactive ketones (excluding diaryl/α,β-unsaturated/α-hetero) is 1. The van der Waals surface area contributed by atoms with E-state index >= 15 is 0 Å². The van der Waals surface area contributed by atoms with Gasteiger partial charge in [0.2, 0.25) is 0 Å². The molecule has 7 nitrogen and oxygen atoms in total. The maximum atomic E-state index is 13.3. The quantitative estimate of drug-likeness (QED) is 0.662. The van der Waals surface area contributed by atoms with Crippen molar-refractivity contribution >= 4 is 23.5 Å². The average molecular weight is 439 g/mol. The molecule has 0 bridgehead atoms. The van der Waals surface area contributed by atoms with Gasteiger partial charge in [0, 0.05) is 17.7 Å². The molecule has 0 radical (unpaired) electrons. The number of benzene rings is 2. The molecule has 2 amide bonds. The molecule has 0 fully saturated rings. The van der Waals surface area contributed by atoms with Gasteiger partial charge in [-0.05, 0) is 42.3 Å². The first-order valence-electron chi connectivity index (χ1n) is 9.54. The van der Waals surface area contributed by atoms with Gasteiger partial charge in [-0.3, -0.25) is 9.69 Å². The van der Waals surface area contributed by atoms with Crippen molar-refractivity contribution in [2.75, 3.05) is 4.90 Å². The summed E-state index contributed by atoms with van der Waals surface area (Å²) in [6, 6.07) is 8.42. The second kappa shape index (κ2) is 6.68. The van der Waals surface area contributed by atoms with Gasteiger partial charge in [-0.25, -0.2) is 9.59 Å². The minimum Gasteiger partial charge on any atom is -0.330 e. The molecule has 1 unspecified atom stereocenters. The molecule has 2 aliphatic heterocycles. The highest BCUT2D eigenvalue weighted by Crippen LogP contribution is 2.48. The second-order valence-electron chi connectivity index (χ2n) is 7.47. The summed E-state index contributed by atoms with van der Waals surface area (Å²) < 4.78 is 39.7. The van der Waals surface area contributed by atoms with Crippen LogP contribution in [-0.2, 0) is 15.8 Å². The van der Waals surface area contributed by atoms with Gasteiger partial charge in [-0.15, -0.1) is 5.06 Å². The predicted molar refractivity (Wildman–Crippen MR) is 102 cm³/mol. The van der Waals surface area contributed by atoms with Crippen molar-refractivity contribution in [3.8, 4) is 6.07 Å². The number of carbonyl (C=O) groups is 3. The highest BCUT2D eigenvalue weighted by Gasteiger charge is 2.51. The Kier molecular flexibility index (Phi) is 4.14. The van der Waals surface area contributed by atoms with Crippen LogP contribution < -0.4 is 4.90 Å². The number of hydrogen-bond donors (Lipinski definition) is 0. The minimum absolute atomic E-state index is 0.0529. The molecule has 2 aromatic carbocycles. The Hall–Kier alpha value is -4.13. The number of alkyl halides is 3. The lowest BCUT2D eigenvalue weighted by Gasteiger charge is -2.42. The smallest absolute Gasteiger partial charge is 0.330 e. The number of ketones is 1. The lowest BCUT2D eigenvalue weighted by Crippen LogP contribution is -2.52. The Morgan fingerprint density at radius 2 is 1.84 bits per heavy atom. The Bertz CT molecular complexity index is 1290. The first kappa shape index (κ1) is 19.8. The van der Waals surface area contributed by atoms with Gasteiger partial charge in [0.05, 0.1) is 28.4 Å². The van der Waals surface area contributed by atoms with Crippen molar-refractivity contribution in [1.82, 2.24) is 5.06 Å². The number of allylic oxidation sites excluding steroid dienone is 1. The number of hydroxylamine groups is 2. The fourth-order valence-corrected chi connectivity index (χ4v) is 4.29. The van der Waals surface area contributed by atoms with Crippen LogP contribution in [0, 0.1) is 11.3 Å². The van der Waals surface area contributed by atoms with Gasteiger partial charge in [-0.2, -0.15) is 18.4 Å². The van der Waals surface area contributed by atoms with Gasteiger partial charge in [0.15, 0.2) is 5.78 Å². The topological polar surface area (TPSA) is 90.7 Å². The largest absolute Gasteiger partial charge is 0.416 e. The van der Waals surface area contributed by atoms with Crippen LogP contribution in [0.5, 0.6) is 0 Å². The molecule has 32 heavy (non-hydrogen) atoms. The molecule has 160 valence electrons. The number of hydrogen-bond acceptors (Lipinski definition) is 5. The molecule has 2 aromatic rings. The number of halogens is 3. The van der Waals surface area contributed by atoms with Crippen LogP contribution in [0.3, 0.4) is 0 Å². The maximum Gasteiger partial charge on any atom is 0.416 e. The van der Waals surface area contributed by atoms with Crippen LogP contribution in [0.4, 0.5) is 23.7 Å². The molecular formula is C22H12F3N3O4. The van der Waals surface area contributed by atoms with E-state index in [4.69, 9.17) is 10.1 Å². The standard InChI is InChI=1S/C22H12F3N3O4/c23-22(24,25)12-2-1-3-13(9-12)27-16-6-7-17(29)18(16)19-14-5-4-11(10-26)8-15(14)20(30)32-28(19)21(27)31/h1-5,8-9,19H,6-7H2. The van der Waals surface area contributed by atoms with Crippen LogP contribution in [0.1, 0.15) is 45.9 Å². The van der Waals surface area contributed by atoms with E-state index in [-0.39, 0.29) is 46.7 Å². The Balaban J connectivity index is 1.71. The normalized spacial score (nSPS) is 19.9. The van der Waals surface area contributed by atoms with E-state index < -0.39 is 29.8 Å². The number of rotatable bonds is 1. The maximum absolute atomic E-state index is 13.3. The first-order valence-corrected chi connectivity index (χ1v) is 9.54. The lowest BCUT2D eigenvalue weighted by molar-refractivity contribution is -0.137. The Morgan fingerprint density at radius 3 is 2.56 bits per heavy atom. The number of nitrogens with zero attached hydrogens (tertiary/aromatic N) is 3. The third-order valence-electron chi connectivity index (χ3n) is 5.67. The van der Waals surface area contributed by atoms with Crippen molar-refractivity contribution in [2.24, 2.45) is 0 Å². The third kappa shape index (κ3) is 2.78. The zero-order valence-corrected chi connectivity index (χ0v) is 16.1. The molecule has 0 aromatic heterocycles. The Morgan fingerprint density at radius 1 is 1.06 bits per heavy atom. The van der Waals surface area contributed by atoms with Gasteiger partial charge >= 0.3 is 18.2 Å². The zero-order chi connectivity index (χ0) is 22.8. The number of amides is 2. The molecule has 1 atom stereocenters. The van der Waals surface area contributed by atoms with E-state index in [0.29, 0.717) is 5.56 Å². The number of fused-ring (bicyclic) bond motifs is 4. The summed E-state index contributed by atoms with van der Waals surface area (Å²) in [4.78, 5) is 44.9. The van der Waals surface area contributed by atoms with Crippen LogP contribution in [0.2, 0.25) is 0 Å². The molecule has 0 saturated heterocycles. The van der Waals surface area contributed by atoms with Gasteiger partial charge in [0.25, 0.3) is 0 Å². The zero-order valence-electron chi connectivity index (χ0n) is 16.1. The van der Waals surface area contributed by atoms with E-state index in [2.05, 4.69) is 0 Å². The molecule has 1 aliphatic carbocycles. The van der Waals surface area contributed by atoms with Crippen LogP contribution >= 0.6 is 0 Å². The van der Waals surface area contributed by atoms with Gasteiger partial charge < -0.3 is 4.84 Å². The molecule has 0 saturated carbocycles. The van der Waals surface area contributed by atoms with Crippen molar-refractivity contribution in [3.05, 3.63) is 76.0 Å². The summed E-state index contributed by atoms with van der Waals surface area (Å²) in [7, 11) is 0. The SMILES string of the molecule is N#Cc1ccc2c(c1)C(=O)ON1C(=O)N(c3cccc(C(F)(F)F)c3)C3=C(C(=O)CC3)C21. The number of carbonyl (C=O) groups excluding carboxylic acids is 3. The summed E-state index contributed by atoms with van der Waals surface area (Å²) in [5.41, 5.74) is -0.0195. The van der Waals surface area contributed by atoms with Crippen LogP contribution in [0.15, 0.2) is 53.7 Å². The van der Waals surface area contributed by atoms with E-state index in [9.17, 15) is 27.6 Å². The van der Waals surface area contributed by atoms with Gasteiger partial charge in [0.1, 0.15) is 6.04 Å². The minimum atomic E-state index is -4.63. The van der Waals surface area contributed by atoms with Crippen LogP contribution in [0.25, 0.3) is 0 Å². The summed E-state index contributed by atoms with van der Waals surface area (Å²) in [5.74, 6) is -1.20. The lowest BCUT2D eigenvalue weighted by atomic mass is 9.89. The molecule has 0 spiro atoms. The van der Waals surface area contributed by atoms with Gasteiger partial charge in [-0.1, -0.05) is 12.1 Å². The fraction of sp³-hybridized carbons (Fsp3) is 0.182. The summed E-state index contributed by atoms with van der Waals surface area (Å²) in [6.45, 7) is 0. The molecule has 3 aliphatic rings. The number of anilines is 1. The highest BCUT2D eigenvalue weighted by atomic mass is 19.4. The Labute approximate surface area is 178 Å². The van der Waals surface area contributed by atoms with Crippen molar-refractivity contribution in [3.63, 3.8) is 0 Å². The predicted octanol–water partition coefficient (Wildman–Crippen LogP) is 4.26.